The predicted molar refractivity (Wildman–Crippen MR) is 68.4 cm³/mol. The van der Waals surface area contributed by atoms with Crippen LogP contribution in [0.2, 0.25) is 10.0 Å². The summed E-state index contributed by atoms with van der Waals surface area (Å²) in [5.41, 5.74) is 0.497. The standard InChI is InChI=1S/C12H11Cl2NO3/c13-7-2-1-6(5-8(7)14)10(16)4-3-9-11(15-9)12(17)18/h1-2,5,9,11,15H,3-4H2,(H,17,18). The molecule has 18 heavy (non-hydrogen) atoms. The van der Waals surface area contributed by atoms with Crippen LogP contribution >= 0.6 is 23.2 Å². The second kappa shape index (κ2) is 5.26. The Labute approximate surface area is 114 Å². The van der Waals surface area contributed by atoms with E-state index in [0.29, 0.717) is 28.5 Å². The van der Waals surface area contributed by atoms with E-state index >= 15 is 0 Å². The highest BCUT2D eigenvalue weighted by atomic mass is 35.5. The lowest BCUT2D eigenvalue weighted by molar-refractivity contribution is -0.136. The van der Waals surface area contributed by atoms with E-state index < -0.39 is 12.0 Å². The minimum Gasteiger partial charge on any atom is -0.480 e. The Hall–Kier alpha value is -1.10. The average Bonchev–Trinajstić information content (AvgIpc) is 3.09. The van der Waals surface area contributed by atoms with E-state index in [1.165, 1.54) is 6.07 Å². The monoisotopic (exact) mass is 287 g/mol. The van der Waals surface area contributed by atoms with Crippen LogP contribution in [0.3, 0.4) is 0 Å². The fraction of sp³-hybridized carbons (Fsp3) is 0.333. The molecular weight excluding hydrogens is 277 g/mol. The van der Waals surface area contributed by atoms with Crippen molar-refractivity contribution in [2.75, 3.05) is 0 Å². The number of hydrogen-bond acceptors (Lipinski definition) is 3. The number of halogens is 2. The minimum atomic E-state index is -0.873. The van der Waals surface area contributed by atoms with Crippen LogP contribution in [-0.2, 0) is 4.79 Å². The van der Waals surface area contributed by atoms with Gasteiger partial charge in [0, 0.05) is 18.0 Å². The molecule has 1 saturated heterocycles. The summed E-state index contributed by atoms with van der Waals surface area (Å²) in [6, 6.07) is 4.11. The fourth-order valence-corrected chi connectivity index (χ4v) is 2.07. The smallest absolute Gasteiger partial charge is 0.322 e. The summed E-state index contributed by atoms with van der Waals surface area (Å²) in [7, 11) is 0. The molecule has 1 heterocycles. The molecule has 1 aliphatic rings. The van der Waals surface area contributed by atoms with Gasteiger partial charge in [0.15, 0.2) is 5.78 Å². The quantitative estimate of drug-likeness (QED) is 0.644. The highest BCUT2D eigenvalue weighted by Crippen LogP contribution is 2.24. The van der Waals surface area contributed by atoms with Gasteiger partial charge in [-0.1, -0.05) is 23.2 Å². The second-order valence-electron chi connectivity index (χ2n) is 4.18. The van der Waals surface area contributed by atoms with Crippen LogP contribution in [0.25, 0.3) is 0 Å². The van der Waals surface area contributed by atoms with Crippen molar-refractivity contribution in [1.82, 2.24) is 5.32 Å². The molecule has 96 valence electrons. The van der Waals surface area contributed by atoms with Crippen molar-refractivity contribution in [3.05, 3.63) is 33.8 Å². The van der Waals surface area contributed by atoms with E-state index in [2.05, 4.69) is 5.32 Å². The van der Waals surface area contributed by atoms with Gasteiger partial charge < -0.3 is 5.11 Å². The highest BCUT2D eigenvalue weighted by molar-refractivity contribution is 6.42. The van der Waals surface area contributed by atoms with E-state index in [1.807, 2.05) is 0 Å². The Morgan fingerprint density at radius 2 is 2.00 bits per heavy atom. The number of carbonyl (C=O) groups is 2. The molecule has 0 saturated carbocycles. The Morgan fingerprint density at radius 3 is 2.56 bits per heavy atom. The van der Waals surface area contributed by atoms with Gasteiger partial charge in [0.05, 0.1) is 10.0 Å². The Morgan fingerprint density at radius 1 is 1.28 bits per heavy atom. The summed E-state index contributed by atoms with van der Waals surface area (Å²) in [5, 5.41) is 12.2. The molecule has 0 amide bonds. The maximum atomic E-state index is 11.8. The summed E-state index contributed by atoms with van der Waals surface area (Å²) in [5.74, 6) is -0.937. The van der Waals surface area contributed by atoms with Crippen molar-refractivity contribution in [2.45, 2.75) is 24.9 Å². The van der Waals surface area contributed by atoms with Gasteiger partial charge in [-0.25, -0.2) is 0 Å². The SMILES string of the molecule is O=C(CCC1NC1C(=O)O)c1ccc(Cl)c(Cl)c1. The molecular formula is C12H11Cl2NO3. The molecule has 2 atom stereocenters. The maximum Gasteiger partial charge on any atom is 0.322 e. The third kappa shape index (κ3) is 3.02. The first-order chi connectivity index (χ1) is 8.49. The van der Waals surface area contributed by atoms with E-state index in [9.17, 15) is 9.59 Å². The number of hydrogen-bond donors (Lipinski definition) is 2. The lowest BCUT2D eigenvalue weighted by Gasteiger charge is -2.02. The van der Waals surface area contributed by atoms with E-state index in [4.69, 9.17) is 28.3 Å². The van der Waals surface area contributed by atoms with Gasteiger partial charge in [0.1, 0.15) is 6.04 Å². The van der Waals surface area contributed by atoms with Crippen molar-refractivity contribution in [3.8, 4) is 0 Å². The number of carboxylic acids is 1. The van der Waals surface area contributed by atoms with Crippen LogP contribution < -0.4 is 5.32 Å². The number of rotatable bonds is 5. The highest BCUT2D eigenvalue weighted by Gasteiger charge is 2.41. The van der Waals surface area contributed by atoms with Gasteiger partial charge in [-0.15, -0.1) is 0 Å². The number of carbonyl (C=O) groups excluding carboxylic acids is 1. The Bertz CT molecular complexity index is 504. The molecule has 4 nitrogen and oxygen atoms in total. The van der Waals surface area contributed by atoms with E-state index in [1.54, 1.807) is 12.1 Å². The first-order valence-corrected chi connectivity index (χ1v) is 6.21. The topological polar surface area (TPSA) is 76.3 Å². The molecule has 2 rings (SSSR count). The Balaban J connectivity index is 1.89. The minimum absolute atomic E-state index is 0.0635. The number of benzene rings is 1. The van der Waals surface area contributed by atoms with Crippen LogP contribution in [0, 0.1) is 0 Å². The lowest BCUT2D eigenvalue weighted by atomic mass is 10.0. The van der Waals surface area contributed by atoms with E-state index in [0.717, 1.165) is 0 Å². The van der Waals surface area contributed by atoms with Gasteiger partial charge in [0.25, 0.3) is 0 Å². The van der Waals surface area contributed by atoms with Crippen LogP contribution in [0.1, 0.15) is 23.2 Å². The number of nitrogens with one attached hydrogen (secondary N) is 1. The molecule has 0 aromatic heterocycles. The summed E-state index contributed by atoms with van der Waals surface area (Å²) in [6.45, 7) is 0. The maximum absolute atomic E-state index is 11.8. The van der Waals surface area contributed by atoms with Crippen LogP contribution in [-0.4, -0.2) is 28.9 Å². The average molecular weight is 288 g/mol. The first kappa shape index (κ1) is 13.3. The predicted octanol–water partition coefficient (Wildman–Crippen LogP) is 2.38. The molecule has 0 spiro atoms. The number of ketones is 1. The summed E-state index contributed by atoms with van der Waals surface area (Å²) in [4.78, 5) is 22.4. The zero-order chi connectivity index (χ0) is 13.3. The van der Waals surface area contributed by atoms with Crippen LogP contribution in [0.4, 0.5) is 0 Å². The van der Waals surface area contributed by atoms with Gasteiger partial charge in [-0.05, 0) is 24.6 Å². The molecule has 1 aliphatic heterocycles. The van der Waals surface area contributed by atoms with Crippen molar-refractivity contribution in [1.29, 1.82) is 0 Å². The van der Waals surface area contributed by atoms with Gasteiger partial charge in [0.2, 0.25) is 0 Å². The second-order valence-corrected chi connectivity index (χ2v) is 4.99. The number of aliphatic carboxylic acids is 1. The normalized spacial score (nSPS) is 21.7. The summed E-state index contributed by atoms with van der Waals surface area (Å²) < 4.78 is 0. The molecule has 1 aromatic carbocycles. The molecule has 2 N–H and O–H groups in total. The zero-order valence-corrected chi connectivity index (χ0v) is 10.8. The fourth-order valence-electron chi connectivity index (χ4n) is 1.77. The molecule has 1 aromatic rings. The molecule has 0 bridgehead atoms. The van der Waals surface area contributed by atoms with Gasteiger partial charge in [-0.3, -0.25) is 14.9 Å². The molecule has 1 fully saturated rings. The number of carboxylic acid groups (broad SMARTS) is 1. The lowest BCUT2D eigenvalue weighted by Crippen LogP contribution is -2.09. The van der Waals surface area contributed by atoms with Crippen LogP contribution in [0.15, 0.2) is 18.2 Å². The number of Topliss-reactive ketones (excluding diaryl/α,β-unsaturated/α-hetero) is 1. The molecule has 0 aliphatic carbocycles. The van der Waals surface area contributed by atoms with E-state index in [-0.39, 0.29) is 11.8 Å². The summed E-state index contributed by atoms with van der Waals surface area (Å²) in [6.07, 6.45) is 0.801. The first-order valence-electron chi connectivity index (χ1n) is 5.46. The third-order valence-electron chi connectivity index (χ3n) is 2.88. The third-order valence-corrected chi connectivity index (χ3v) is 3.62. The van der Waals surface area contributed by atoms with Gasteiger partial charge in [-0.2, -0.15) is 0 Å². The van der Waals surface area contributed by atoms with Crippen molar-refractivity contribution >= 4 is 35.0 Å². The van der Waals surface area contributed by atoms with Gasteiger partial charge >= 0.3 is 5.97 Å². The van der Waals surface area contributed by atoms with Crippen molar-refractivity contribution < 1.29 is 14.7 Å². The molecule has 2 unspecified atom stereocenters. The summed E-state index contributed by atoms with van der Waals surface area (Å²) >= 11 is 11.6. The van der Waals surface area contributed by atoms with Crippen molar-refractivity contribution in [2.24, 2.45) is 0 Å². The van der Waals surface area contributed by atoms with Crippen molar-refractivity contribution in [3.63, 3.8) is 0 Å². The Kier molecular flexibility index (Phi) is 3.90. The molecule has 0 radical (unpaired) electrons. The van der Waals surface area contributed by atoms with Crippen LogP contribution in [0.5, 0.6) is 0 Å². The zero-order valence-electron chi connectivity index (χ0n) is 9.32. The largest absolute Gasteiger partial charge is 0.480 e. The molecule has 6 heteroatoms.